The van der Waals surface area contributed by atoms with Gasteiger partial charge in [-0.25, -0.2) is 0 Å². The Bertz CT molecular complexity index is 3490. The number of aliphatic hydroxyl groups is 1. The molecular formula is C69H71N3O10S6. The molecule has 13 nitrogen and oxygen atoms in total. The number of quaternary nitrogens is 3. The fourth-order valence-electron chi connectivity index (χ4n) is 9.98. The number of carboxylic acid groups (broad SMARTS) is 3. The normalized spacial score (nSPS) is 12.2. The highest BCUT2D eigenvalue weighted by Gasteiger charge is 2.30. The summed E-state index contributed by atoms with van der Waals surface area (Å²) in [6.45, 7) is 7.54. The molecule has 0 amide bonds. The Morgan fingerprint density at radius 3 is 0.864 bits per heavy atom. The number of carbonyl (C=O) groups is 3. The van der Waals surface area contributed by atoms with Crippen LogP contribution >= 0.6 is 69.3 Å². The van der Waals surface area contributed by atoms with Crippen molar-refractivity contribution in [2.45, 2.75) is 67.6 Å². The van der Waals surface area contributed by atoms with Gasteiger partial charge >= 0.3 is 0 Å². The number of nitrogens with one attached hydrogen (secondary N) is 3. The Labute approximate surface area is 539 Å². The van der Waals surface area contributed by atoms with Gasteiger partial charge in [-0.15, -0.1) is 34.0 Å². The summed E-state index contributed by atoms with van der Waals surface area (Å²) in [5, 5.41) is 45.8. The molecule has 0 radical (unpaired) electrons. The number of hydrogen-bond donors (Lipinski definition) is 4. The number of carboxylic acids is 3. The van der Waals surface area contributed by atoms with Gasteiger partial charge in [0.1, 0.15) is 25.2 Å². The van der Waals surface area contributed by atoms with Crippen LogP contribution in [0.15, 0.2) is 191 Å². The number of aliphatic carboxylic acids is 3. The van der Waals surface area contributed by atoms with E-state index >= 15 is 0 Å². The minimum Gasteiger partial charge on any atom is -0.550 e. The maximum atomic E-state index is 10.1. The molecule has 12 rings (SSSR count). The quantitative estimate of drug-likeness (QED) is 0.0556. The van der Waals surface area contributed by atoms with Crippen LogP contribution in [-0.4, -0.2) is 110 Å². The first-order valence-corrected chi connectivity index (χ1v) is 33.9. The molecule has 0 spiro atoms. The Morgan fingerprint density at radius 2 is 0.625 bits per heavy atom. The fraction of sp³-hybridized carbons (Fsp3) is 0.261. The lowest BCUT2D eigenvalue weighted by atomic mass is 9.96. The highest BCUT2D eigenvalue weighted by Crippen LogP contribution is 2.54. The fourth-order valence-corrected chi connectivity index (χ4v) is 16.3. The van der Waals surface area contributed by atoms with E-state index in [1.54, 1.807) is 0 Å². The first-order chi connectivity index (χ1) is 42.5. The maximum Gasteiger partial charge on any atom is 0.114 e. The average Bonchev–Trinajstić information content (AvgIpc) is 1.84. The molecule has 88 heavy (non-hydrogen) atoms. The minimum absolute atomic E-state index is 0.689. The number of hydrogen-bond acceptors (Lipinski definition) is 16. The van der Waals surface area contributed by atoms with Crippen LogP contribution in [0.1, 0.15) is 27.5 Å². The molecule has 3 aliphatic rings. The van der Waals surface area contributed by atoms with Crippen LogP contribution in [0.5, 0.6) is 0 Å². The SMILES string of the molecule is C[NH+](C)CCOCc1scc2c1-c1ccccc1Sc1ccccc1-2.C[NH+](C)CCOCc1scc2c1-c1ccccc1Sc1ccccc1-2.C[NH+](C)CCOCc1scc2c1-c1ccccc1Sc1ccccc1-2.O=C([O-])CC(O)(CC(=O)[O-])C(=O)[O-]. The molecule has 458 valence electrons. The first-order valence-electron chi connectivity index (χ1n) is 28.8. The lowest BCUT2D eigenvalue weighted by Crippen LogP contribution is -3.06. The third-order valence-corrected chi connectivity index (χ3v) is 20.8. The highest BCUT2D eigenvalue weighted by atomic mass is 32.2. The lowest BCUT2D eigenvalue weighted by Gasteiger charge is -2.29. The molecular weight excluding hydrogens is 1220 g/mol. The summed E-state index contributed by atoms with van der Waals surface area (Å²) in [5.41, 5.74) is 13.1. The van der Waals surface area contributed by atoms with Gasteiger partial charge in [0.15, 0.2) is 0 Å². The van der Waals surface area contributed by atoms with E-state index in [9.17, 15) is 29.7 Å². The summed E-state index contributed by atoms with van der Waals surface area (Å²) in [7, 11) is 12.9. The number of carbonyl (C=O) groups excluding carboxylic acids is 3. The van der Waals surface area contributed by atoms with Crippen LogP contribution in [0.3, 0.4) is 0 Å². The second-order valence-corrected chi connectivity index (χ2v) is 28.2. The molecule has 0 bridgehead atoms. The zero-order valence-corrected chi connectivity index (χ0v) is 54.8. The summed E-state index contributed by atoms with van der Waals surface area (Å²) in [6.07, 6.45) is -2.72. The van der Waals surface area contributed by atoms with E-state index in [1.165, 1.54) is 125 Å². The van der Waals surface area contributed by atoms with E-state index in [1.807, 2.05) is 69.3 Å². The van der Waals surface area contributed by atoms with Crippen molar-refractivity contribution < 1.29 is 63.7 Å². The number of benzene rings is 6. The molecule has 0 unspecified atom stereocenters. The molecule has 0 saturated heterocycles. The standard InChI is InChI=1S/3C21H21NOS2.C6H8O7/c3*1-22(2)11-12-23-13-20-21-16-8-4-6-10-19(16)25-18-9-5-3-7-15(18)17(21)14-24-20;7-3(8)1-6(13,5(11)12)2-4(9)10/h3*3-10,14H,11-13H2,1-2H3;13H,1-2H2,(H,7,8)(H,9,10)(H,11,12). The van der Waals surface area contributed by atoms with E-state index < -0.39 is 36.4 Å². The Kier molecular flexibility index (Phi) is 23.5. The first kappa shape index (κ1) is 66.0. The van der Waals surface area contributed by atoms with E-state index in [-0.39, 0.29) is 0 Å². The molecule has 3 aliphatic heterocycles. The van der Waals surface area contributed by atoms with E-state index in [4.69, 9.17) is 19.3 Å². The number of likely N-dealkylation sites (N-methyl/N-ethyl adjacent to an activating group) is 3. The average molecular weight is 1290 g/mol. The second-order valence-electron chi connectivity index (χ2n) is 22.1. The largest absolute Gasteiger partial charge is 0.550 e. The molecule has 19 heteroatoms. The van der Waals surface area contributed by atoms with Crippen LogP contribution in [-0.2, 0) is 48.4 Å². The predicted molar refractivity (Wildman–Crippen MR) is 349 cm³/mol. The van der Waals surface area contributed by atoms with Gasteiger partial charge in [0.2, 0.25) is 0 Å². The molecule has 6 heterocycles. The Balaban J connectivity index is 0.000000143. The Morgan fingerprint density at radius 1 is 0.386 bits per heavy atom. The van der Waals surface area contributed by atoms with Crippen LogP contribution in [0.25, 0.3) is 66.8 Å². The maximum absolute atomic E-state index is 10.1. The van der Waals surface area contributed by atoms with Gasteiger partial charge in [0, 0.05) is 102 Å². The molecule has 0 saturated carbocycles. The van der Waals surface area contributed by atoms with Crippen LogP contribution in [0.2, 0.25) is 0 Å². The second kappa shape index (κ2) is 31.4. The summed E-state index contributed by atoms with van der Waals surface area (Å²) >= 11 is 11.1. The van der Waals surface area contributed by atoms with Crippen LogP contribution in [0.4, 0.5) is 0 Å². The highest BCUT2D eigenvalue weighted by molar-refractivity contribution is 8.00. The number of ether oxygens (including phenoxy) is 3. The molecule has 0 fully saturated rings. The monoisotopic (exact) mass is 1290 g/mol. The van der Waals surface area contributed by atoms with Crippen molar-refractivity contribution in [3.8, 4) is 66.8 Å². The predicted octanol–water partition coefficient (Wildman–Crippen LogP) is 7.37. The van der Waals surface area contributed by atoms with Gasteiger partial charge in [-0.2, -0.15) is 0 Å². The molecule has 4 N–H and O–H groups in total. The molecule has 6 aromatic carbocycles. The molecule has 0 atom stereocenters. The van der Waals surface area contributed by atoms with Gasteiger partial charge in [-0.1, -0.05) is 144 Å². The lowest BCUT2D eigenvalue weighted by molar-refractivity contribution is -0.858. The van der Waals surface area contributed by atoms with Gasteiger partial charge in [0.25, 0.3) is 0 Å². The van der Waals surface area contributed by atoms with Gasteiger partial charge in [0.05, 0.1) is 87.9 Å². The van der Waals surface area contributed by atoms with Crippen molar-refractivity contribution in [1.29, 1.82) is 0 Å². The summed E-state index contributed by atoms with van der Waals surface area (Å²) in [5.74, 6) is -5.98. The van der Waals surface area contributed by atoms with E-state index in [0.717, 1.165) is 39.5 Å². The van der Waals surface area contributed by atoms with E-state index in [0.29, 0.717) is 19.8 Å². The smallest absolute Gasteiger partial charge is 0.114 e. The number of fused-ring (bicyclic) bond motifs is 15. The molecule has 9 aromatic rings. The summed E-state index contributed by atoms with van der Waals surface area (Å²) in [4.78, 5) is 46.2. The van der Waals surface area contributed by atoms with Gasteiger partial charge in [-0.3, -0.25) is 0 Å². The zero-order valence-electron chi connectivity index (χ0n) is 49.9. The minimum atomic E-state index is -2.97. The van der Waals surface area contributed by atoms with Gasteiger partial charge in [-0.05, 0) is 85.9 Å². The van der Waals surface area contributed by atoms with Crippen molar-refractivity contribution in [3.63, 3.8) is 0 Å². The van der Waals surface area contributed by atoms with Crippen LogP contribution in [0, 0.1) is 0 Å². The molecule has 0 aliphatic carbocycles. The number of thiophene rings is 3. The van der Waals surface area contributed by atoms with Crippen molar-refractivity contribution in [1.82, 2.24) is 0 Å². The topological polar surface area (TPSA) is 182 Å². The van der Waals surface area contributed by atoms with Gasteiger partial charge < -0.3 is 63.7 Å². The van der Waals surface area contributed by atoms with Crippen molar-refractivity contribution in [2.24, 2.45) is 0 Å². The van der Waals surface area contributed by atoms with Crippen LogP contribution < -0.4 is 30.0 Å². The summed E-state index contributed by atoms with van der Waals surface area (Å²) < 4.78 is 17.9. The van der Waals surface area contributed by atoms with E-state index in [2.05, 4.69) is 204 Å². The third kappa shape index (κ3) is 16.7. The zero-order chi connectivity index (χ0) is 62.3. The third-order valence-electron chi connectivity index (χ3n) is 14.5. The van der Waals surface area contributed by atoms with Crippen molar-refractivity contribution in [3.05, 3.63) is 176 Å². The summed E-state index contributed by atoms with van der Waals surface area (Å²) in [6, 6.07) is 52.3. The van der Waals surface area contributed by atoms with Crippen molar-refractivity contribution in [2.75, 3.05) is 81.7 Å². The Hall–Kier alpha value is -6.40. The van der Waals surface area contributed by atoms with Crippen molar-refractivity contribution >= 4 is 87.2 Å². The number of rotatable bonds is 20. The molecule has 3 aromatic heterocycles.